The van der Waals surface area contributed by atoms with E-state index in [2.05, 4.69) is 24.4 Å². The van der Waals surface area contributed by atoms with Crippen LogP contribution in [-0.2, 0) is 6.61 Å². The van der Waals surface area contributed by atoms with Crippen LogP contribution >= 0.6 is 0 Å². The molecule has 0 amide bonds. The molecule has 88 valence electrons. The van der Waals surface area contributed by atoms with Crippen molar-refractivity contribution in [3.63, 3.8) is 0 Å². The van der Waals surface area contributed by atoms with E-state index in [9.17, 15) is 0 Å². The molecular weight excluding hydrogens is 198 g/mol. The molecule has 1 aromatic rings. The summed E-state index contributed by atoms with van der Waals surface area (Å²) in [6, 6.07) is 8.56. The van der Waals surface area contributed by atoms with E-state index in [1.165, 1.54) is 24.8 Å². The van der Waals surface area contributed by atoms with Crippen LogP contribution in [0.4, 0.5) is 0 Å². The summed E-state index contributed by atoms with van der Waals surface area (Å²) < 4.78 is 0. The molecule has 1 unspecified atom stereocenters. The van der Waals surface area contributed by atoms with Crippen molar-refractivity contribution < 1.29 is 5.11 Å². The summed E-state index contributed by atoms with van der Waals surface area (Å²) >= 11 is 0. The third-order valence-corrected chi connectivity index (χ3v) is 3.57. The van der Waals surface area contributed by atoms with Crippen LogP contribution in [-0.4, -0.2) is 11.7 Å². The minimum Gasteiger partial charge on any atom is -0.392 e. The molecule has 0 heterocycles. The summed E-state index contributed by atoms with van der Waals surface area (Å²) in [7, 11) is 0. The molecule has 0 spiro atoms. The lowest BCUT2D eigenvalue weighted by Gasteiger charge is -2.27. The van der Waals surface area contributed by atoms with Crippen LogP contribution in [0.25, 0.3) is 0 Å². The van der Waals surface area contributed by atoms with Gasteiger partial charge >= 0.3 is 0 Å². The largest absolute Gasteiger partial charge is 0.392 e. The quantitative estimate of drug-likeness (QED) is 0.798. The number of aliphatic hydroxyl groups excluding tert-OH is 1. The first-order valence-corrected chi connectivity index (χ1v) is 6.22. The minimum absolute atomic E-state index is 0.128. The molecule has 0 aliphatic heterocycles. The van der Waals surface area contributed by atoms with Crippen LogP contribution in [0.1, 0.15) is 43.4 Å². The van der Waals surface area contributed by atoms with Crippen molar-refractivity contribution in [2.75, 3.05) is 6.54 Å². The molecule has 1 aliphatic rings. The molecule has 2 nitrogen and oxygen atoms in total. The van der Waals surface area contributed by atoms with E-state index < -0.39 is 0 Å². The molecule has 0 radical (unpaired) electrons. The molecule has 1 saturated carbocycles. The highest BCUT2D eigenvalue weighted by Gasteiger charge is 2.17. The fraction of sp³-hybridized carbons (Fsp3) is 0.571. The first kappa shape index (κ1) is 11.6. The van der Waals surface area contributed by atoms with Crippen molar-refractivity contribution in [1.82, 2.24) is 5.32 Å². The van der Waals surface area contributed by atoms with Crippen molar-refractivity contribution in [2.45, 2.75) is 38.8 Å². The molecule has 1 atom stereocenters. The van der Waals surface area contributed by atoms with E-state index in [1.54, 1.807) is 0 Å². The summed E-state index contributed by atoms with van der Waals surface area (Å²) in [6.45, 7) is 3.45. The maximum Gasteiger partial charge on any atom is 0.0681 e. The van der Waals surface area contributed by atoms with Gasteiger partial charge in [-0.3, -0.25) is 0 Å². The Morgan fingerprint density at radius 3 is 2.88 bits per heavy atom. The lowest BCUT2D eigenvalue weighted by molar-refractivity contribution is 0.281. The van der Waals surface area contributed by atoms with Gasteiger partial charge in [-0.25, -0.2) is 0 Å². The van der Waals surface area contributed by atoms with E-state index in [0.29, 0.717) is 6.04 Å². The lowest BCUT2D eigenvalue weighted by atomic mass is 9.85. The van der Waals surface area contributed by atoms with E-state index in [4.69, 9.17) is 5.11 Å². The van der Waals surface area contributed by atoms with Gasteiger partial charge in [0.25, 0.3) is 0 Å². The predicted octanol–water partition coefficient (Wildman–Crippen LogP) is 2.63. The Hall–Kier alpha value is -0.860. The summed E-state index contributed by atoms with van der Waals surface area (Å²) in [5.41, 5.74) is 2.26. The minimum atomic E-state index is 0.128. The highest BCUT2D eigenvalue weighted by Crippen LogP contribution is 2.26. The molecule has 0 aromatic heterocycles. The zero-order chi connectivity index (χ0) is 11.4. The molecule has 0 saturated heterocycles. The van der Waals surface area contributed by atoms with Crippen LogP contribution < -0.4 is 5.32 Å². The van der Waals surface area contributed by atoms with Gasteiger partial charge in [0.15, 0.2) is 0 Å². The first-order valence-electron chi connectivity index (χ1n) is 6.22. The van der Waals surface area contributed by atoms with E-state index in [1.807, 2.05) is 12.1 Å². The number of rotatable bonds is 5. The van der Waals surface area contributed by atoms with Gasteiger partial charge in [0, 0.05) is 6.04 Å². The van der Waals surface area contributed by atoms with Crippen molar-refractivity contribution in [2.24, 2.45) is 5.92 Å². The number of hydrogen-bond acceptors (Lipinski definition) is 2. The van der Waals surface area contributed by atoms with E-state index in [-0.39, 0.29) is 6.61 Å². The number of nitrogens with one attached hydrogen (secondary N) is 1. The Bertz CT molecular complexity index is 333. The fourth-order valence-electron chi connectivity index (χ4n) is 2.12. The van der Waals surface area contributed by atoms with E-state index in [0.717, 1.165) is 18.0 Å². The van der Waals surface area contributed by atoms with Gasteiger partial charge in [0.1, 0.15) is 0 Å². The Labute approximate surface area is 97.7 Å². The van der Waals surface area contributed by atoms with Crippen molar-refractivity contribution in [3.05, 3.63) is 35.4 Å². The monoisotopic (exact) mass is 219 g/mol. The number of hydrogen-bond donors (Lipinski definition) is 2. The van der Waals surface area contributed by atoms with Gasteiger partial charge in [-0.1, -0.05) is 30.7 Å². The van der Waals surface area contributed by atoms with Crippen LogP contribution in [0.2, 0.25) is 0 Å². The fourth-order valence-corrected chi connectivity index (χ4v) is 2.12. The maximum absolute atomic E-state index is 9.09. The highest BCUT2D eigenvalue weighted by molar-refractivity contribution is 5.25. The molecular formula is C14H21NO. The van der Waals surface area contributed by atoms with Crippen LogP contribution in [0.15, 0.2) is 24.3 Å². The molecule has 2 rings (SSSR count). The second-order valence-corrected chi connectivity index (χ2v) is 4.83. The zero-order valence-electron chi connectivity index (χ0n) is 9.95. The molecule has 0 bridgehead atoms. The van der Waals surface area contributed by atoms with Crippen LogP contribution in [0, 0.1) is 5.92 Å². The normalized spacial score (nSPS) is 18.1. The van der Waals surface area contributed by atoms with Gasteiger partial charge in [-0.05, 0) is 43.4 Å². The topological polar surface area (TPSA) is 32.3 Å². The van der Waals surface area contributed by atoms with Gasteiger partial charge in [-0.15, -0.1) is 0 Å². The summed E-state index contributed by atoms with van der Waals surface area (Å²) in [5, 5.41) is 12.7. The van der Waals surface area contributed by atoms with Gasteiger partial charge in [-0.2, -0.15) is 0 Å². The highest BCUT2D eigenvalue weighted by atomic mass is 16.3. The zero-order valence-corrected chi connectivity index (χ0v) is 9.95. The van der Waals surface area contributed by atoms with Gasteiger partial charge < -0.3 is 10.4 Å². The SMILES string of the molecule is CC(NCC1CCC1)c1cccc(CO)c1. The molecule has 2 heteroatoms. The van der Waals surface area contributed by atoms with Gasteiger partial charge in [0.2, 0.25) is 0 Å². The predicted molar refractivity (Wildman–Crippen MR) is 66.1 cm³/mol. The molecule has 1 fully saturated rings. The average molecular weight is 219 g/mol. The van der Waals surface area contributed by atoms with Crippen molar-refractivity contribution >= 4 is 0 Å². The van der Waals surface area contributed by atoms with Crippen LogP contribution in [0.3, 0.4) is 0 Å². The lowest BCUT2D eigenvalue weighted by Crippen LogP contribution is -2.29. The second kappa shape index (κ2) is 5.46. The summed E-state index contributed by atoms with van der Waals surface area (Å²) in [6.07, 6.45) is 4.17. The average Bonchev–Trinajstić information content (AvgIpc) is 2.27. The van der Waals surface area contributed by atoms with Crippen molar-refractivity contribution in [3.8, 4) is 0 Å². The number of aliphatic hydroxyl groups is 1. The second-order valence-electron chi connectivity index (χ2n) is 4.83. The smallest absolute Gasteiger partial charge is 0.0681 e. The Kier molecular flexibility index (Phi) is 3.97. The first-order chi connectivity index (χ1) is 7.79. The third-order valence-electron chi connectivity index (χ3n) is 3.57. The molecule has 1 aromatic carbocycles. The van der Waals surface area contributed by atoms with E-state index >= 15 is 0 Å². The summed E-state index contributed by atoms with van der Waals surface area (Å²) in [4.78, 5) is 0. The number of benzene rings is 1. The maximum atomic E-state index is 9.09. The van der Waals surface area contributed by atoms with Crippen LogP contribution in [0.5, 0.6) is 0 Å². The Morgan fingerprint density at radius 1 is 1.44 bits per heavy atom. The third kappa shape index (κ3) is 2.83. The standard InChI is InChI=1S/C14H21NO/c1-11(15-9-12-4-2-5-12)14-7-3-6-13(8-14)10-16/h3,6-8,11-12,15-16H,2,4-5,9-10H2,1H3. The molecule has 2 N–H and O–H groups in total. The molecule has 1 aliphatic carbocycles. The van der Waals surface area contributed by atoms with Gasteiger partial charge in [0.05, 0.1) is 6.61 Å². The Morgan fingerprint density at radius 2 is 2.25 bits per heavy atom. The Balaban J connectivity index is 1.88. The summed E-state index contributed by atoms with van der Waals surface area (Å²) in [5.74, 6) is 0.892. The molecule has 16 heavy (non-hydrogen) atoms. The van der Waals surface area contributed by atoms with Crippen molar-refractivity contribution in [1.29, 1.82) is 0 Å².